The van der Waals surface area contributed by atoms with Crippen molar-refractivity contribution in [1.82, 2.24) is 0 Å². The van der Waals surface area contributed by atoms with Crippen LogP contribution < -0.4 is 0 Å². The molecule has 0 radical (unpaired) electrons. The van der Waals surface area contributed by atoms with Crippen LogP contribution in [-0.2, 0) is 41.8 Å². The first-order valence-electron chi connectivity index (χ1n) is 19.3. The second-order valence-electron chi connectivity index (χ2n) is 13.5. The highest BCUT2D eigenvalue weighted by Gasteiger charge is 2.28. The average molecular weight is 811 g/mol. The summed E-state index contributed by atoms with van der Waals surface area (Å²) in [5, 5.41) is 19.5. The van der Waals surface area contributed by atoms with Crippen molar-refractivity contribution in [3.05, 3.63) is 48.6 Å². The smallest absolute Gasteiger partial charge is 0.462 e. The first-order chi connectivity index (χ1) is 25.6. The van der Waals surface area contributed by atoms with E-state index in [9.17, 15) is 33.8 Å². The summed E-state index contributed by atoms with van der Waals surface area (Å²) in [5.74, 6) is -0.438. The molecule has 0 aliphatic rings. The van der Waals surface area contributed by atoms with Gasteiger partial charge >= 0.3 is 27.6 Å². The maximum Gasteiger partial charge on any atom is 0.472 e. The second kappa shape index (κ2) is 33.2. The van der Waals surface area contributed by atoms with Crippen LogP contribution in [-0.4, -0.2) is 81.6 Å². The first-order valence-corrected chi connectivity index (χ1v) is 22.3. The van der Waals surface area contributed by atoms with E-state index in [-0.39, 0.29) is 18.9 Å². The summed E-state index contributed by atoms with van der Waals surface area (Å²) in [6, 6.07) is 0. The van der Waals surface area contributed by atoms with Gasteiger partial charge in [0.05, 0.1) is 25.9 Å². The third-order valence-electron chi connectivity index (χ3n) is 7.71. The van der Waals surface area contributed by atoms with Crippen LogP contribution in [0, 0.1) is 5.92 Å². The number of aliphatic hydroxyl groups excluding tert-OH is 2. The number of aliphatic hydroxyl groups is 2. The molecule has 0 saturated carbocycles. The van der Waals surface area contributed by atoms with Crippen LogP contribution in [0.15, 0.2) is 48.6 Å². The molecule has 0 amide bonds. The lowest BCUT2D eigenvalue weighted by Gasteiger charge is -2.20. The van der Waals surface area contributed by atoms with E-state index in [1.807, 2.05) is 30.4 Å². The van der Waals surface area contributed by atoms with Crippen LogP contribution in [0.4, 0.5) is 0 Å². The highest BCUT2D eigenvalue weighted by Crippen LogP contribution is 2.43. The van der Waals surface area contributed by atoms with Gasteiger partial charge in [0.15, 0.2) is 6.10 Å². The third-order valence-corrected chi connectivity index (χ3v) is 9.15. The summed E-state index contributed by atoms with van der Waals surface area (Å²) >= 11 is 0. The first kappa shape index (κ1) is 52.0. The van der Waals surface area contributed by atoms with Crippen molar-refractivity contribution in [3.63, 3.8) is 0 Å². The van der Waals surface area contributed by atoms with E-state index < -0.39 is 66.2 Å². The zero-order valence-electron chi connectivity index (χ0n) is 32.6. The molecule has 1 unspecified atom stereocenters. The normalized spacial score (nSPS) is 15.4. The number of phosphoric ester groups is 2. The Bertz CT molecular complexity index is 1180. The molecule has 0 aromatic rings. The molecule has 0 saturated heterocycles. The SMILES string of the molecule is CCCC[C@@H](O)/C=C\C/C=C\C/C=C\C/C=C\CCCC(=O)O[C@H](COC(=O)CCCCCCCCC(C)C)COP(=O)(O)OC[C@@H](O)COP(=O)(O)O. The Kier molecular flexibility index (Phi) is 32.0. The Morgan fingerprint density at radius 3 is 1.81 bits per heavy atom. The molecule has 14 nitrogen and oxygen atoms in total. The lowest BCUT2D eigenvalue weighted by molar-refractivity contribution is -0.161. The molecule has 0 aromatic heterocycles. The maximum atomic E-state index is 12.6. The molecule has 54 heavy (non-hydrogen) atoms. The number of rotatable bonds is 35. The Balaban J connectivity index is 4.70. The number of carbonyl (C=O) groups is 2. The van der Waals surface area contributed by atoms with Crippen LogP contribution in [0.2, 0.25) is 0 Å². The molecular weight excluding hydrogens is 742 g/mol. The molecule has 5 N–H and O–H groups in total. The standard InChI is InChI=1S/C38H68O14P2/c1-4-5-25-34(39)26-21-17-12-10-8-6-7-9-11-13-19-23-28-38(42)52-36(31-48-37(41)27-22-18-15-14-16-20-24-33(2)3)32-51-54(46,47)50-30-35(40)29-49-53(43,44)45/h6-7,10-13,21,26,33-36,39-40H,4-5,8-9,14-20,22-25,27-32H2,1-3H3,(H,46,47)(H2,43,44,45)/b7-6-,12-10-,13-11-,26-21-/t34-,35+,36-/m1/s1. The number of hydrogen-bond donors (Lipinski definition) is 5. The van der Waals surface area contributed by atoms with Gasteiger partial charge in [-0.25, -0.2) is 9.13 Å². The Hall–Kier alpha value is -1.96. The number of hydrogen-bond acceptors (Lipinski definition) is 11. The molecule has 0 rings (SSSR count). The van der Waals surface area contributed by atoms with Gasteiger partial charge in [0.25, 0.3) is 0 Å². The van der Waals surface area contributed by atoms with Crippen molar-refractivity contribution in [3.8, 4) is 0 Å². The fraction of sp³-hybridized carbons (Fsp3) is 0.737. The summed E-state index contributed by atoms with van der Waals surface area (Å²) in [7, 11) is -9.69. The minimum atomic E-state index is -4.87. The summed E-state index contributed by atoms with van der Waals surface area (Å²) in [6.45, 7) is 3.70. The van der Waals surface area contributed by atoms with E-state index in [4.69, 9.17) is 23.8 Å². The maximum absolute atomic E-state index is 12.6. The predicted octanol–water partition coefficient (Wildman–Crippen LogP) is 7.94. The molecule has 0 fully saturated rings. The topological polar surface area (TPSA) is 216 Å². The van der Waals surface area contributed by atoms with E-state index in [1.54, 1.807) is 0 Å². The zero-order chi connectivity index (χ0) is 40.5. The van der Waals surface area contributed by atoms with E-state index in [2.05, 4.69) is 48.0 Å². The molecule has 0 heterocycles. The Morgan fingerprint density at radius 2 is 1.19 bits per heavy atom. The Labute approximate surface area is 322 Å². The second-order valence-corrected chi connectivity index (χ2v) is 16.2. The minimum Gasteiger partial charge on any atom is -0.462 e. The molecule has 0 aromatic carbocycles. The lowest BCUT2D eigenvalue weighted by Crippen LogP contribution is -2.29. The summed E-state index contributed by atoms with van der Waals surface area (Å²) in [4.78, 5) is 52.4. The van der Waals surface area contributed by atoms with Crippen molar-refractivity contribution in [2.75, 3.05) is 26.4 Å². The van der Waals surface area contributed by atoms with Crippen LogP contribution in [0.25, 0.3) is 0 Å². The fourth-order valence-electron chi connectivity index (χ4n) is 4.72. The van der Waals surface area contributed by atoms with Gasteiger partial charge in [0.2, 0.25) is 0 Å². The molecule has 0 spiro atoms. The molecule has 16 heteroatoms. The number of carbonyl (C=O) groups excluding carboxylic acids is 2. The highest BCUT2D eigenvalue weighted by atomic mass is 31.2. The van der Waals surface area contributed by atoms with Gasteiger partial charge in [-0.2, -0.15) is 0 Å². The number of unbranched alkanes of at least 4 members (excludes halogenated alkanes) is 7. The number of allylic oxidation sites excluding steroid dienone is 7. The molecule has 0 aliphatic heterocycles. The third kappa shape index (κ3) is 37.0. The lowest BCUT2D eigenvalue weighted by atomic mass is 10.0. The molecular formula is C38H68O14P2. The van der Waals surface area contributed by atoms with Crippen LogP contribution >= 0.6 is 15.6 Å². The molecule has 4 atom stereocenters. The van der Waals surface area contributed by atoms with Crippen molar-refractivity contribution in [1.29, 1.82) is 0 Å². The molecule has 0 aliphatic carbocycles. The van der Waals surface area contributed by atoms with Crippen molar-refractivity contribution >= 4 is 27.6 Å². The van der Waals surface area contributed by atoms with Crippen molar-refractivity contribution < 1.29 is 66.7 Å². The quantitative estimate of drug-likeness (QED) is 0.0178. The Morgan fingerprint density at radius 1 is 0.630 bits per heavy atom. The fourth-order valence-corrected chi connectivity index (χ4v) is 5.87. The minimum absolute atomic E-state index is 0.0374. The largest absolute Gasteiger partial charge is 0.472 e. The average Bonchev–Trinajstić information content (AvgIpc) is 3.10. The monoisotopic (exact) mass is 810 g/mol. The van der Waals surface area contributed by atoms with Gasteiger partial charge in [-0.3, -0.25) is 23.2 Å². The van der Waals surface area contributed by atoms with Crippen LogP contribution in [0.3, 0.4) is 0 Å². The van der Waals surface area contributed by atoms with E-state index >= 15 is 0 Å². The summed E-state index contributed by atoms with van der Waals surface area (Å²) in [6.07, 6.45) is 26.4. The van der Waals surface area contributed by atoms with Gasteiger partial charge in [0, 0.05) is 12.8 Å². The van der Waals surface area contributed by atoms with E-state index in [0.29, 0.717) is 25.2 Å². The van der Waals surface area contributed by atoms with Crippen LogP contribution in [0.5, 0.6) is 0 Å². The molecule has 0 bridgehead atoms. The van der Waals surface area contributed by atoms with Crippen molar-refractivity contribution in [2.45, 2.75) is 148 Å². The van der Waals surface area contributed by atoms with E-state index in [1.165, 1.54) is 12.8 Å². The van der Waals surface area contributed by atoms with Crippen LogP contribution in [0.1, 0.15) is 130 Å². The van der Waals surface area contributed by atoms with Gasteiger partial charge in [-0.05, 0) is 50.9 Å². The zero-order valence-corrected chi connectivity index (χ0v) is 34.4. The molecule has 314 valence electrons. The van der Waals surface area contributed by atoms with E-state index in [0.717, 1.165) is 64.2 Å². The van der Waals surface area contributed by atoms with Gasteiger partial charge in [-0.15, -0.1) is 0 Å². The number of phosphoric acid groups is 2. The number of ether oxygens (including phenoxy) is 2. The van der Waals surface area contributed by atoms with Gasteiger partial charge in [0.1, 0.15) is 12.7 Å². The van der Waals surface area contributed by atoms with Gasteiger partial charge in [-0.1, -0.05) is 121 Å². The van der Waals surface area contributed by atoms with Gasteiger partial charge < -0.3 is 34.4 Å². The predicted molar refractivity (Wildman–Crippen MR) is 208 cm³/mol. The van der Waals surface area contributed by atoms with Crippen molar-refractivity contribution in [2.24, 2.45) is 5.92 Å². The number of esters is 2. The summed E-state index contributed by atoms with van der Waals surface area (Å²) in [5.41, 5.74) is 0. The summed E-state index contributed by atoms with van der Waals surface area (Å²) < 4.78 is 47.4. The highest BCUT2D eigenvalue weighted by molar-refractivity contribution is 7.47.